The summed E-state index contributed by atoms with van der Waals surface area (Å²) in [6.07, 6.45) is -4.66. The van der Waals surface area contributed by atoms with Crippen molar-refractivity contribution in [2.24, 2.45) is 0 Å². The van der Waals surface area contributed by atoms with E-state index in [1.807, 2.05) is 30.3 Å². The molecule has 9 heteroatoms. The van der Waals surface area contributed by atoms with E-state index in [-0.39, 0.29) is 12.5 Å². The van der Waals surface area contributed by atoms with Gasteiger partial charge in [-0.1, -0.05) is 78.9 Å². The van der Waals surface area contributed by atoms with E-state index in [0.717, 1.165) is 23.8 Å². The van der Waals surface area contributed by atoms with Crippen molar-refractivity contribution in [1.29, 1.82) is 0 Å². The van der Waals surface area contributed by atoms with E-state index in [1.54, 1.807) is 48.5 Å². The zero-order valence-corrected chi connectivity index (χ0v) is 20.3. The van der Waals surface area contributed by atoms with Crippen LogP contribution in [-0.4, -0.2) is 14.3 Å². The van der Waals surface area contributed by atoms with E-state index < -0.39 is 26.7 Å². The van der Waals surface area contributed by atoms with Crippen LogP contribution in [0.1, 0.15) is 27.0 Å². The summed E-state index contributed by atoms with van der Waals surface area (Å²) in [5.41, 5.74) is 2.08. The van der Waals surface area contributed by atoms with Crippen molar-refractivity contribution in [1.82, 2.24) is 10.0 Å². The normalized spacial score (nSPS) is 11.8. The Balaban J connectivity index is 1.57. The van der Waals surface area contributed by atoms with E-state index in [0.29, 0.717) is 34.9 Å². The zero-order valence-electron chi connectivity index (χ0n) is 19.5. The molecule has 0 aliphatic carbocycles. The number of carbonyl (C=O) groups excluding carboxylic acids is 1. The third kappa shape index (κ3) is 6.44. The van der Waals surface area contributed by atoms with E-state index in [2.05, 4.69) is 10.0 Å². The van der Waals surface area contributed by atoms with Crippen LogP contribution in [0.15, 0.2) is 108 Å². The van der Waals surface area contributed by atoms with Crippen LogP contribution >= 0.6 is 0 Å². The van der Waals surface area contributed by atoms with Gasteiger partial charge < -0.3 is 5.32 Å². The van der Waals surface area contributed by atoms with Gasteiger partial charge in [0.05, 0.1) is 10.5 Å². The van der Waals surface area contributed by atoms with Crippen LogP contribution in [-0.2, 0) is 29.3 Å². The van der Waals surface area contributed by atoms with Crippen LogP contribution in [0.4, 0.5) is 13.2 Å². The molecule has 0 heterocycles. The number of carbonyl (C=O) groups is 1. The highest BCUT2D eigenvalue weighted by Gasteiger charge is 2.31. The predicted octanol–water partition coefficient (Wildman–Crippen LogP) is 5.78. The fourth-order valence-electron chi connectivity index (χ4n) is 3.82. The first-order valence-corrected chi connectivity index (χ1v) is 12.8. The summed E-state index contributed by atoms with van der Waals surface area (Å²) in [5.74, 6) is -0.293. The summed E-state index contributed by atoms with van der Waals surface area (Å²) in [5, 5.41) is 2.90. The van der Waals surface area contributed by atoms with Crippen molar-refractivity contribution in [3.63, 3.8) is 0 Å². The van der Waals surface area contributed by atoms with Crippen LogP contribution in [0.5, 0.6) is 0 Å². The van der Waals surface area contributed by atoms with Crippen LogP contribution in [0.2, 0.25) is 0 Å². The minimum Gasteiger partial charge on any atom is -0.348 e. The maximum atomic E-state index is 13.1. The van der Waals surface area contributed by atoms with Gasteiger partial charge in [-0.2, -0.15) is 13.2 Å². The number of amides is 1. The molecule has 4 aromatic rings. The third-order valence-corrected chi connectivity index (χ3v) is 7.10. The van der Waals surface area contributed by atoms with Gasteiger partial charge in [0.1, 0.15) is 0 Å². The number of nitrogens with one attached hydrogen (secondary N) is 2. The summed E-state index contributed by atoms with van der Waals surface area (Å²) in [6.45, 7) is 0.154. The van der Waals surface area contributed by atoms with Crippen LogP contribution in [0.25, 0.3) is 11.1 Å². The van der Waals surface area contributed by atoms with Crippen molar-refractivity contribution >= 4 is 15.9 Å². The van der Waals surface area contributed by atoms with E-state index in [1.165, 1.54) is 0 Å². The summed E-state index contributed by atoms with van der Waals surface area (Å²) in [4.78, 5) is 12.5. The summed E-state index contributed by atoms with van der Waals surface area (Å²) < 4.78 is 67.1. The smallest absolute Gasteiger partial charge is 0.348 e. The first kappa shape index (κ1) is 26.1. The van der Waals surface area contributed by atoms with Crippen LogP contribution in [0, 0.1) is 0 Å². The van der Waals surface area contributed by atoms with E-state index in [9.17, 15) is 26.4 Å². The molecule has 0 atom stereocenters. The summed E-state index contributed by atoms with van der Waals surface area (Å²) in [7, 11) is -4.24. The quantitative estimate of drug-likeness (QED) is 0.307. The molecular weight excluding hydrogens is 501 g/mol. The lowest BCUT2D eigenvalue weighted by molar-refractivity contribution is -0.137. The highest BCUT2D eigenvalue weighted by atomic mass is 32.2. The van der Waals surface area contributed by atoms with Crippen molar-refractivity contribution < 1.29 is 26.4 Å². The molecule has 0 aliphatic heterocycles. The number of sulfonamides is 1. The molecule has 37 heavy (non-hydrogen) atoms. The Kier molecular flexibility index (Phi) is 7.75. The van der Waals surface area contributed by atoms with Crippen molar-refractivity contribution in [2.45, 2.75) is 24.2 Å². The zero-order chi connectivity index (χ0) is 26.5. The Morgan fingerprint density at radius 3 is 2.11 bits per heavy atom. The Hall–Kier alpha value is -3.95. The highest BCUT2D eigenvalue weighted by Crippen LogP contribution is 2.31. The highest BCUT2D eigenvalue weighted by molar-refractivity contribution is 7.89. The van der Waals surface area contributed by atoms with Gasteiger partial charge in [0, 0.05) is 18.7 Å². The van der Waals surface area contributed by atoms with Gasteiger partial charge in [-0.25, -0.2) is 13.1 Å². The van der Waals surface area contributed by atoms with Gasteiger partial charge in [-0.15, -0.1) is 0 Å². The molecule has 0 bridgehead atoms. The second kappa shape index (κ2) is 11.0. The SMILES string of the molecule is O=C(NCc1ccccc1)c1ccccc1-c1ccccc1CNS(=O)(=O)c1cccc(C(F)(F)F)c1. The standard InChI is InChI=1S/C28H23F3N2O3S/c29-28(30,31)22-12-8-13-23(17-22)37(35,36)33-19-21-11-4-5-14-24(21)25-15-6-7-16-26(25)27(34)32-18-20-9-2-1-3-10-20/h1-17,33H,18-19H2,(H,32,34). The molecule has 2 N–H and O–H groups in total. The molecule has 0 saturated heterocycles. The average molecular weight is 525 g/mol. The molecule has 0 unspecified atom stereocenters. The number of rotatable bonds is 8. The van der Waals surface area contributed by atoms with E-state index >= 15 is 0 Å². The number of alkyl halides is 3. The van der Waals surface area contributed by atoms with Crippen LogP contribution in [0.3, 0.4) is 0 Å². The Bertz CT molecular complexity index is 1500. The maximum absolute atomic E-state index is 13.1. The first-order valence-electron chi connectivity index (χ1n) is 11.3. The monoisotopic (exact) mass is 524 g/mol. The maximum Gasteiger partial charge on any atom is 0.416 e. The molecule has 5 nitrogen and oxygen atoms in total. The molecular formula is C28H23F3N2O3S. The molecule has 4 rings (SSSR count). The van der Waals surface area contributed by atoms with Gasteiger partial charge in [0.2, 0.25) is 10.0 Å². The molecule has 1 amide bonds. The topological polar surface area (TPSA) is 75.3 Å². The number of hydrogen-bond acceptors (Lipinski definition) is 3. The van der Waals surface area contributed by atoms with Crippen molar-refractivity contribution in [2.75, 3.05) is 0 Å². The summed E-state index contributed by atoms with van der Waals surface area (Å²) >= 11 is 0. The Morgan fingerprint density at radius 1 is 0.730 bits per heavy atom. The lowest BCUT2D eigenvalue weighted by Crippen LogP contribution is -2.25. The molecule has 0 aromatic heterocycles. The van der Waals surface area contributed by atoms with Gasteiger partial charge in [0.25, 0.3) is 5.91 Å². The Morgan fingerprint density at radius 2 is 1.38 bits per heavy atom. The lowest BCUT2D eigenvalue weighted by Gasteiger charge is -2.15. The van der Waals surface area contributed by atoms with E-state index in [4.69, 9.17) is 0 Å². The minimum absolute atomic E-state index is 0.186. The number of benzene rings is 4. The van der Waals surface area contributed by atoms with Gasteiger partial charge in [0.15, 0.2) is 0 Å². The molecule has 0 saturated carbocycles. The fourth-order valence-corrected chi connectivity index (χ4v) is 4.87. The van der Waals surface area contributed by atoms with Gasteiger partial charge in [-0.05, 0) is 46.5 Å². The number of hydrogen-bond donors (Lipinski definition) is 2. The molecule has 4 aromatic carbocycles. The average Bonchev–Trinajstić information content (AvgIpc) is 2.91. The van der Waals surface area contributed by atoms with Gasteiger partial charge >= 0.3 is 6.18 Å². The second-order valence-electron chi connectivity index (χ2n) is 8.22. The third-order valence-electron chi connectivity index (χ3n) is 5.70. The summed E-state index contributed by atoms with van der Waals surface area (Å²) in [6, 6.07) is 26.9. The molecule has 0 aliphatic rings. The minimum atomic E-state index is -4.66. The molecule has 0 spiro atoms. The predicted molar refractivity (Wildman–Crippen MR) is 135 cm³/mol. The van der Waals surface area contributed by atoms with Crippen molar-refractivity contribution in [3.8, 4) is 11.1 Å². The van der Waals surface area contributed by atoms with Crippen molar-refractivity contribution in [3.05, 3.63) is 125 Å². The largest absolute Gasteiger partial charge is 0.416 e. The fraction of sp³-hybridized carbons (Fsp3) is 0.107. The Labute approximate surface area is 213 Å². The first-order chi connectivity index (χ1) is 17.6. The van der Waals surface area contributed by atoms with Gasteiger partial charge in [-0.3, -0.25) is 4.79 Å². The molecule has 0 radical (unpaired) electrons. The molecule has 0 fully saturated rings. The lowest BCUT2D eigenvalue weighted by atomic mass is 9.95. The second-order valence-corrected chi connectivity index (χ2v) is 9.99. The van der Waals surface area contributed by atoms with Crippen LogP contribution < -0.4 is 10.0 Å². The number of halogens is 3. The molecule has 190 valence electrons.